The summed E-state index contributed by atoms with van der Waals surface area (Å²) in [6.07, 6.45) is 0. The number of methoxy groups -OCH3 is 1. The van der Waals surface area contributed by atoms with Crippen molar-refractivity contribution in [2.75, 3.05) is 27.4 Å². The Morgan fingerprint density at radius 3 is 1.40 bits per heavy atom. The lowest BCUT2D eigenvalue weighted by Crippen LogP contribution is -2.23. The van der Waals surface area contributed by atoms with E-state index in [1.54, 1.807) is 14.2 Å². The van der Waals surface area contributed by atoms with E-state index in [1.807, 2.05) is 0 Å². The van der Waals surface area contributed by atoms with E-state index >= 15 is 0 Å². The average molecular weight is 150 g/mol. The first kappa shape index (κ1) is 16.5. The van der Waals surface area contributed by atoms with Gasteiger partial charge in [0.2, 0.25) is 0 Å². The third-order valence-electron chi connectivity index (χ3n) is 0.805. The van der Waals surface area contributed by atoms with E-state index in [0.717, 1.165) is 19.1 Å². The second-order valence-corrected chi connectivity index (χ2v) is 2.05. The van der Waals surface area contributed by atoms with Crippen molar-refractivity contribution in [3.63, 3.8) is 0 Å². The molecular weight excluding hydrogens is 128 g/mol. The van der Waals surface area contributed by atoms with Crippen molar-refractivity contribution in [1.29, 1.82) is 0 Å². The van der Waals surface area contributed by atoms with Crippen LogP contribution in [0.5, 0.6) is 0 Å². The van der Waals surface area contributed by atoms with Crippen LogP contribution in [0.3, 0.4) is 0 Å². The molecule has 1 aliphatic rings. The van der Waals surface area contributed by atoms with Crippen molar-refractivity contribution in [1.82, 2.24) is 0 Å². The Balaban J connectivity index is -0.0000000900. The van der Waals surface area contributed by atoms with Gasteiger partial charge in [-0.05, 0) is 0 Å². The van der Waals surface area contributed by atoms with Gasteiger partial charge in [-0.15, -0.1) is 0 Å². The zero-order valence-electron chi connectivity index (χ0n) is 5.81. The van der Waals surface area contributed by atoms with Gasteiger partial charge in [0, 0.05) is 20.1 Å². The second kappa shape index (κ2) is 11.7. The molecule has 0 aromatic carbocycles. The zero-order valence-corrected chi connectivity index (χ0v) is 5.81. The normalized spacial score (nSPS) is 14.7. The predicted octanol–water partition coefficient (Wildman–Crippen LogP) is 2.19. The smallest absolute Gasteiger partial charge is 0.0513 e. The molecule has 0 unspecified atom stereocenters. The van der Waals surface area contributed by atoms with E-state index in [0.29, 0.717) is 0 Å². The monoisotopic (exact) mass is 150 g/mol. The van der Waals surface area contributed by atoms with Crippen LogP contribution in [0.2, 0.25) is 0 Å². The second-order valence-electron chi connectivity index (χ2n) is 2.05. The fourth-order valence-electron chi connectivity index (χ4n) is 0.354. The fraction of sp³-hybridized carbons (Fsp3) is 1.00. The van der Waals surface area contributed by atoms with Crippen LogP contribution < -0.4 is 0 Å². The number of hydrogen-bond acceptors (Lipinski definition) is 2. The number of rotatable bonds is 0. The van der Waals surface area contributed by atoms with Crippen LogP contribution >= 0.6 is 0 Å². The molecule has 0 bridgehead atoms. The largest absolute Gasteiger partial charge is 0.388 e. The lowest BCUT2D eigenvalue weighted by Gasteiger charge is -2.20. The molecule has 66 valence electrons. The molecule has 0 spiro atoms. The lowest BCUT2D eigenvalue weighted by atomic mass is 10.2. The summed E-state index contributed by atoms with van der Waals surface area (Å²) in [6.45, 7) is 4.16. The highest BCUT2D eigenvalue weighted by Crippen LogP contribution is 2.05. The predicted molar refractivity (Wildman–Crippen MR) is 46.4 cm³/mol. The Labute approximate surface area is 65.5 Å². The minimum Gasteiger partial charge on any atom is -0.388 e. The van der Waals surface area contributed by atoms with Crippen LogP contribution in [0.15, 0.2) is 0 Å². The molecule has 1 saturated heterocycles. The maximum atomic E-state index is 4.83. The SMILES string of the molecule is C.C.CC1COC1.COC. The molecule has 0 saturated carbocycles. The van der Waals surface area contributed by atoms with E-state index in [9.17, 15) is 0 Å². The topological polar surface area (TPSA) is 18.5 Å². The molecule has 0 N–H and O–H groups in total. The van der Waals surface area contributed by atoms with Gasteiger partial charge in [-0.25, -0.2) is 0 Å². The maximum absolute atomic E-state index is 4.83. The summed E-state index contributed by atoms with van der Waals surface area (Å²) in [5, 5.41) is 0. The van der Waals surface area contributed by atoms with E-state index in [2.05, 4.69) is 11.7 Å². The van der Waals surface area contributed by atoms with Gasteiger partial charge in [0.15, 0.2) is 0 Å². The van der Waals surface area contributed by atoms with Crippen molar-refractivity contribution in [3.8, 4) is 0 Å². The third kappa shape index (κ3) is 10.8. The van der Waals surface area contributed by atoms with Crippen LogP contribution in [0.4, 0.5) is 0 Å². The Bertz CT molecular complexity index is 42.5. The maximum Gasteiger partial charge on any atom is 0.0513 e. The average Bonchev–Trinajstić information content (AvgIpc) is 1.64. The molecule has 0 aromatic rings. The van der Waals surface area contributed by atoms with Gasteiger partial charge in [-0.3, -0.25) is 0 Å². The third-order valence-corrected chi connectivity index (χ3v) is 0.805. The first-order valence-corrected chi connectivity index (χ1v) is 2.79. The molecule has 1 fully saturated rings. The quantitative estimate of drug-likeness (QED) is 0.527. The molecule has 2 nitrogen and oxygen atoms in total. The molecular formula is C8H22O2. The van der Waals surface area contributed by atoms with Crippen LogP contribution in [-0.2, 0) is 9.47 Å². The summed E-state index contributed by atoms with van der Waals surface area (Å²) in [6, 6.07) is 0. The first-order valence-electron chi connectivity index (χ1n) is 2.79. The molecule has 0 aliphatic carbocycles. The summed E-state index contributed by atoms with van der Waals surface area (Å²) < 4.78 is 9.08. The van der Waals surface area contributed by atoms with E-state index in [1.165, 1.54) is 0 Å². The van der Waals surface area contributed by atoms with Crippen molar-refractivity contribution >= 4 is 0 Å². The summed E-state index contributed by atoms with van der Waals surface area (Å²) >= 11 is 0. The van der Waals surface area contributed by atoms with Gasteiger partial charge < -0.3 is 9.47 Å². The molecule has 2 heteroatoms. The minimum atomic E-state index is 0. The van der Waals surface area contributed by atoms with Crippen LogP contribution in [0, 0.1) is 5.92 Å². The van der Waals surface area contributed by atoms with Crippen molar-refractivity contribution in [3.05, 3.63) is 0 Å². The van der Waals surface area contributed by atoms with Crippen molar-refractivity contribution in [2.45, 2.75) is 21.8 Å². The number of ether oxygens (including phenoxy) is 2. The molecule has 0 aromatic heterocycles. The van der Waals surface area contributed by atoms with Gasteiger partial charge in [-0.1, -0.05) is 21.8 Å². The van der Waals surface area contributed by atoms with E-state index in [4.69, 9.17) is 4.74 Å². The Morgan fingerprint density at radius 1 is 1.20 bits per heavy atom. The lowest BCUT2D eigenvalue weighted by molar-refractivity contribution is -0.0221. The zero-order chi connectivity index (χ0) is 6.41. The molecule has 0 radical (unpaired) electrons. The van der Waals surface area contributed by atoms with Gasteiger partial charge in [0.05, 0.1) is 13.2 Å². The van der Waals surface area contributed by atoms with E-state index < -0.39 is 0 Å². The summed E-state index contributed by atoms with van der Waals surface area (Å²) in [7, 11) is 3.25. The van der Waals surface area contributed by atoms with Crippen LogP contribution in [0.25, 0.3) is 0 Å². The summed E-state index contributed by atoms with van der Waals surface area (Å²) in [5.41, 5.74) is 0. The minimum absolute atomic E-state index is 0. The first-order chi connectivity index (χ1) is 3.81. The summed E-state index contributed by atoms with van der Waals surface area (Å²) in [4.78, 5) is 0. The van der Waals surface area contributed by atoms with Gasteiger partial charge in [-0.2, -0.15) is 0 Å². The van der Waals surface area contributed by atoms with Gasteiger partial charge >= 0.3 is 0 Å². The fourth-order valence-corrected chi connectivity index (χ4v) is 0.354. The van der Waals surface area contributed by atoms with Crippen LogP contribution in [0.1, 0.15) is 21.8 Å². The Hall–Kier alpha value is -0.0800. The van der Waals surface area contributed by atoms with E-state index in [-0.39, 0.29) is 14.9 Å². The molecule has 0 amide bonds. The van der Waals surface area contributed by atoms with Gasteiger partial charge in [0.1, 0.15) is 0 Å². The van der Waals surface area contributed by atoms with Crippen molar-refractivity contribution < 1.29 is 9.47 Å². The highest BCUT2D eigenvalue weighted by atomic mass is 16.5. The van der Waals surface area contributed by atoms with Crippen molar-refractivity contribution in [2.24, 2.45) is 5.92 Å². The molecule has 1 rings (SSSR count). The van der Waals surface area contributed by atoms with Crippen LogP contribution in [-0.4, -0.2) is 27.4 Å². The Kier molecular flexibility index (Phi) is 19.3. The highest BCUT2D eigenvalue weighted by molar-refractivity contribution is 4.56. The molecule has 1 heterocycles. The summed E-state index contributed by atoms with van der Waals surface area (Å²) in [5.74, 6) is 0.843. The number of hydrogen-bond donors (Lipinski definition) is 0. The Morgan fingerprint density at radius 2 is 1.40 bits per heavy atom. The molecule has 0 atom stereocenters. The molecule has 10 heavy (non-hydrogen) atoms. The molecule has 1 aliphatic heterocycles. The standard InChI is InChI=1S/C4H8O.C2H6O.2CH4/c1-4-2-5-3-4;1-3-2;;/h4H,2-3H2,1H3;1-2H3;2*1H4. The highest BCUT2D eigenvalue weighted by Gasteiger charge is 2.09. The van der Waals surface area contributed by atoms with Gasteiger partial charge in [0.25, 0.3) is 0 Å².